The summed E-state index contributed by atoms with van der Waals surface area (Å²) in [6, 6.07) is 10.2. The first-order valence-corrected chi connectivity index (χ1v) is 10.2. The van der Waals surface area contributed by atoms with Gasteiger partial charge in [-0.15, -0.1) is 0 Å². The van der Waals surface area contributed by atoms with Crippen molar-refractivity contribution in [2.24, 2.45) is 5.73 Å². The van der Waals surface area contributed by atoms with Gasteiger partial charge in [0.15, 0.2) is 0 Å². The molecule has 2 amide bonds. The number of hydrogen-bond donors (Lipinski definition) is 3. The first kappa shape index (κ1) is 31.7. The van der Waals surface area contributed by atoms with Gasteiger partial charge in [-0.05, 0) is 46.2 Å². The van der Waals surface area contributed by atoms with Crippen molar-refractivity contribution in [2.45, 2.75) is 31.6 Å². The molecule has 4 N–H and O–H groups in total. The van der Waals surface area contributed by atoms with Crippen LogP contribution in [0.2, 0.25) is 0 Å². The third-order valence-electron chi connectivity index (χ3n) is 6.05. The summed E-state index contributed by atoms with van der Waals surface area (Å²) in [7, 11) is -1.84. The Morgan fingerprint density at radius 2 is 1.60 bits per heavy atom. The second kappa shape index (κ2) is 13.8. The molecular weight excluding hydrogens is 477 g/mol. The van der Waals surface area contributed by atoms with Crippen LogP contribution in [-0.2, 0) is 32.1 Å². The van der Waals surface area contributed by atoms with Crippen molar-refractivity contribution in [3.8, 4) is 0 Å². The molecule has 1 saturated heterocycles. The van der Waals surface area contributed by atoms with Crippen LogP contribution >= 0.6 is 0 Å². The monoisotopic (exact) mass is 504 g/mol. The maximum absolute atomic E-state index is 13.1. The van der Waals surface area contributed by atoms with Gasteiger partial charge in [-0.3, -0.25) is 9.59 Å². The number of benzene rings is 2. The standard InChI is InChI=1S/C20H18B2NO6.CH3NO.2CH3.K/c24-9-17-7-14(12-1-3-18-15(5-12)10-28-21(18)26)8-23(17)20(25)13-2-4-19-16(6-13)11-29-22(19)27;2-1-3;;;/h1-6,14,17,26-27H,7-8,10-11H2;1H,(H2,2,3);2*1H3;/q-1;;2*-1;+1. The van der Waals surface area contributed by atoms with E-state index in [1.165, 1.54) is 0 Å². The van der Waals surface area contributed by atoms with Crippen molar-refractivity contribution in [1.29, 1.82) is 0 Å². The number of hydrogen-bond acceptors (Lipinski definition) is 7. The third kappa shape index (κ3) is 6.51. The number of carbonyl (C=O) groups excluding carboxylic acids is 3. The number of fused-ring (bicyclic) bond motifs is 2. The molecule has 2 aromatic rings. The fraction of sp³-hybridized carbons (Fsp3) is 0.261. The van der Waals surface area contributed by atoms with Gasteiger partial charge in [0.1, 0.15) is 0 Å². The van der Waals surface area contributed by atoms with Crippen LogP contribution in [0.4, 0.5) is 0 Å². The summed E-state index contributed by atoms with van der Waals surface area (Å²) in [5.74, 6) is -0.224. The zero-order valence-electron chi connectivity index (χ0n) is 20.1. The Hall–Kier alpha value is -1.34. The molecule has 2 aromatic carbocycles. The molecule has 9 nitrogen and oxygen atoms in total. The molecule has 3 aliphatic rings. The van der Waals surface area contributed by atoms with Crippen LogP contribution < -0.4 is 68.0 Å². The normalized spacial score (nSPS) is 19.2. The molecular formula is C23H27B2KN2O7-2. The SMILES string of the molecule is NC=O.O=[C-]C1CC(c2ccc3c(c2)COB3O)CN1C(=O)c1ccc2c(c1)COB2O.[CH3-].[CH3-].[K+]. The number of primary amides is 1. The van der Waals surface area contributed by atoms with Gasteiger partial charge in [-0.1, -0.05) is 30.3 Å². The van der Waals surface area contributed by atoms with Gasteiger partial charge in [0, 0.05) is 18.0 Å². The van der Waals surface area contributed by atoms with Crippen LogP contribution in [-0.4, -0.2) is 60.4 Å². The minimum Gasteiger partial charge on any atom is -0.540 e. The van der Waals surface area contributed by atoms with Crippen LogP contribution in [0.5, 0.6) is 0 Å². The second-order valence-electron chi connectivity index (χ2n) is 7.86. The Kier molecular flexibility index (Phi) is 12.5. The van der Waals surface area contributed by atoms with Crippen LogP contribution in [0.15, 0.2) is 36.4 Å². The first-order valence-electron chi connectivity index (χ1n) is 10.2. The van der Waals surface area contributed by atoms with E-state index in [4.69, 9.17) is 14.1 Å². The van der Waals surface area contributed by atoms with Crippen molar-refractivity contribution in [1.82, 2.24) is 4.90 Å². The van der Waals surface area contributed by atoms with Gasteiger partial charge in [0.2, 0.25) is 6.41 Å². The fourth-order valence-corrected chi connectivity index (χ4v) is 4.45. The number of amides is 2. The molecule has 3 aliphatic heterocycles. The number of nitrogens with zero attached hydrogens (tertiary/aromatic N) is 1. The quantitative estimate of drug-likeness (QED) is 0.222. The molecule has 12 heteroatoms. The number of carbonyl (C=O) groups is 2. The van der Waals surface area contributed by atoms with E-state index in [9.17, 15) is 19.6 Å². The molecule has 0 radical (unpaired) electrons. The summed E-state index contributed by atoms with van der Waals surface area (Å²) in [5, 5.41) is 19.5. The maximum atomic E-state index is 13.1. The van der Waals surface area contributed by atoms with E-state index in [2.05, 4.69) is 5.73 Å². The van der Waals surface area contributed by atoms with E-state index in [-0.39, 0.29) is 91.1 Å². The third-order valence-corrected chi connectivity index (χ3v) is 6.05. The Balaban J connectivity index is 0.000000973. The zero-order valence-corrected chi connectivity index (χ0v) is 23.3. The summed E-state index contributed by atoms with van der Waals surface area (Å²) in [6.45, 7) is 1.02. The molecule has 180 valence electrons. The van der Waals surface area contributed by atoms with Crippen molar-refractivity contribution < 1.29 is 85.1 Å². The molecule has 0 aliphatic carbocycles. The van der Waals surface area contributed by atoms with Gasteiger partial charge in [-0.2, -0.15) is 0 Å². The van der Waals surface area contributed by atoms with Gasteiger partial charge in [-0.25, -0.2) is 6.29 Å². The largest absolute Gasteiger partial charge is 1.00 e. The minimum absolute atomic E-state index is 0. The van der Waals surface area contributed by atoms with Gasteiger partial charge >= 0.3 is 65.6 Å². The van der Waals surface area contributed by atoms with Crippen molar-refractivity contribution >= 4 is 43.8 Å². The topological polar surface area (TPSA) is 139 Å². The fourth-order valence-electron chi connectivity index (χ4n) is 4.45. The molecule has 2 unspecified atom stereocenters. The Bertz CT molecular complexity index is 1060. The molecule has 3 heterocycles. The molecule has 5 rings (SSSR count). The van der Waals surface area contributed by atoms with Gasteiger partial charge < -0.3 is 49.6 Å². The molecule has 2 atom stereocenters. The zero-order chi connectivity index (χ0) is 22.8. The molecule has 0 aromatic heterocycles. The van der Waals surface area contributed by atoms with E-state index in [1.807, 2.05) is 24.5 Å². The smallest absolute Gasteiger partial charge is 0.540 e. The molecule has 1 fully saturated rings. The summed E-state index contributed by atoms with van der Waals surface area (Å²) in [5.41, 5.74) is 8.80. The first-order chi connectivity index (χ1) is 15.5. The summed E-state index contributed by atoms with van der Waals surface area (Å²) < 4.78 is 10.4. The maximum Gasteiger partial charge on any atom is 1.00 e. The van der Waals surface area contributed by atoms with Crippen LogP contribution in [0.25, 0.3) is 0 Å². The van der Waals surface area contributed by atoms with Gasteiger partial charge in [0.05, 0.1) is 13.2 Å². The van der Waals surface area contributed by atoms with E-state index in [0.717, 1.165) is 22.2 Å². The average molecular weight is 504 g/mol. The minimum atomic E-state index is -0.955. The Morgan fingerprint density at radius 3 is 2.17 bits per heavy atom. The van der Waals surface area contributed by atoms with Crippen LogP contribution in [0.3, 0.4) is 0 Å². The number of rotatable bonds is 3. The Morgan fingerprint density at radius 1 is 1.06 bits per heavy atom. The molecule has 35 heavy (non-hydrogen) atoms. The average Bonchev–Trinajstić information content (AvgIpc) is 3.50. The molecule has 0 bridgehead atoms. The van der Waals surface area contributed by atoms with E-state index in [0.29, 0.717) is 30.6 Å². The van der Waals surface area contributed by atoms with Crippen LogP contribution in [0.1, 0.15) is 39.4 Å². The number of likely N-dealkylation sites (tertiary alicyclic amines) is 1. The van der Waals surface area contributed by atoms with E-state index < -0.39 is 20.3 Å². The van der Waals surface area contributed by atoms with E-state index in [1.54, 1.807) is 23.1 Å². The van der Waals surface area contributed by atoms with Gasteiger partial charge in [0.25, 0.3) is 5.91 Å². The van der Waals surface area contributed by atoms with Crippen molar-refractivity contribution in [3.63, 3.8) is 0 Å². The molecule has 0 spiro atoms. The van der Waals surface area contributed by atoms with Crippen molar-refractivity contribution in [3.05, 3.63) is 73.5 Å². The summed E-state index contributed by atoms with van der Waals surface area (Å²) in [4.78, 5) is 34.8. The summed E-state index contributed by atoms with van der Waals surface area (Å²) >= 11 is 0. The predicted molar refractivity (Wildman–Crippen MR) is 129 cm³/mol. The van der Waals surface area contributed by atoms with Crippen LogP contribution in [0, 0.1) is 14.9 Å². The van der Waals surface area contributed by atoms with E-state index >= 15 is 0 Å². The predicted octanol–water partition coefficient (Wildman–Crippen LogP) is -3.76. The number of nitrogens with two attached hydrogens (primary N) is 1. The Labute approximate surface area is 249 Å². The van der Waals surface area contributed by atoms with Crippen molar-refractivity contribution in [2.75, 3.05) is 6.54 Å². The summed E-state index contributed by atoms with van der Waals surface area (Å²) in [6.07, 6.45) is 2.76. The molecule has 0 saturated carbocycles. The second-order valence-corrected chi connectivity index (χ2v) is 7.86.